The van der Waals surface area contributed by atoms with Gasteiger partial charge in [0.2, 0.25) is 0 Å². The maximum atomic E-state index is 14.3. The Bertz CT molecular complexity index is 1220. The molecule has 0 unspecified atom stereocenters. The number of fused-ring (bicyclic) bond motifs is 1. The van der Waals surface area contributed by atoms with Crippen LogP contribution in [0.15, 0.2) is 67.3 Å². The first-order valence-electron chi connectivity index (χ1n) is 11.9. The zero-order valence-corrected chi connectivity index (χ0v) is 20.0. The number of aryl methyl sites for hydroxylation is 1. The molecule has 0 N–H and O–H groups in total. The van der Waals surface area contributed by atoms with Crippen molar-refractivity contribution in [2.24, 2.45) is 0 Å². The van der Waals surface area contributed by atoms with Gasteiger partial charge in [-0.2, -0.15) is 0 Å². The second kappa shape index (κ2) is 13.8. The summed E-state index contributed by atoms with van der Waals surface area (Å²) in [4.78, 5) is 34.0. The second-order valence-electron chi connectivity index (χ2n) is 8.22. The highest BCUT2D eigenvalue weighted by atomic mass is 19.1. The van der Waals surface area contributed by atoms with Crippen LogP contribution in [0.25, 0.3) is 10.8 Å². The van der Waals surface area contributed by atoms with E-state index in [1.165, 1.54) is 12.1 Å². The molecule has 0 amide bonds. The number of ether oxygens (including phenoxy) is 3. The van der Waals surface area contributed by atoms with Crippen LogP contribution in [0.3, 0.4) is 0 Å². The monoisotopic (exact) mass is 492 g/mol. The fourth-order valence-electron chi connectivity index (χ4n) is 3.59. The summed E-state index contributed by atoms with van der Waals surface area (Å²) in [6, 6.07) is 15.0. The summed E-state index contributed by atoms with van der Waals surface area (Å²) < 4.78 is 30.3. The zero-order valence-electron chi connectivity index (χ0n) is 20.0. The van der Waals surface area contributed by atoms with E-state index in [0.717, 1.165) is 54.6 Å². The number of halogens is 1. The summed E-state index contributed by atoms with van der Waals surface area (Å²) in [6.45, 7) is 4.33. The lowest BCUT2D eigenvalue weighted by molar-refractivity contribution is -0.137. The van der Waals surface area contributed by atoms with Gasteiger partial charge in [-0.25, -0.2) is 14.0 Å². The first kappa shape index (κ1) is 26.6. The number of rotatable bonds is 14. The minimum atomic E-state index is -0.656. The van der Waals surface area contributed by atoms with Crippen LogP contribution in [0, 0.1) is 5.82 Å². The molecule has 3 rings (SSSR count). The number of carbonyl (C=O) groups excluding carboxylic acids is 3. The maximum absolute atomic E-state index is 14.3. The molecular formula is C29H29FO6. The Morgan fingerprint density at radius 2 is 1.64 bits per heavy atom. The molecule has 0 aliphatic heterocycles. The van der Waals surface area contributed by atoms with Gasteiger partial charge in [0.05, 0.1) is 18.8 Å². The number of carbonyl (C=O) groups is 3. The number of esters is 2. The Kier molecular flexibility index (Phi) is 10.2. The van der Waals surface area contributed by atoms with Crippen molar-refractivity contribution in [3.63, 3.8) is 0 Å². The van der Waals surface area contributed by atoms with Gasteiger partial charge in [-0.1, -0.05) is 24.8 Å². The predicted octanol–water partition coefficient (Wildman–Crippen LogP) is 6.00. The number of unbranched alkanes of at least 4 members (excludes halogenated alkanes) is 3. The highest BCUT2D eigenvalue weighted by molar-refractivity contribution is 5.96. The molecule has 3 aromatic rings. The summed E-state index contributed by atoms with van der Waals surface area (Å²) in [7, 11) is 0. The predicted molar refractivity (Wildman–Crippen MR) is 135 cm³/mol. The van der Waals surface area contributed by atoms with Crippen LogP contribution in [-0.2, 0) is 20.7 Å². The standard InChI is InChI=1S/C29H29FO6/c1-2-28(32)35-17-6-4-3-5-16-34-25-13-12-22-19-24(11-10-23(22)20-25)29(33)36-27-14-9-21(8-7-15-31)18-26(27)30/h2,9-15,18-20H,1,3-8,16-17H2. The average molecular weight is 493 g/mol. The van der Waals surface area contributed by atoms with E-state index in [2.05, 4.69) is 6.58 Å². The number of hydrogen-bond acceptors (Lipinski definition) is 6. The average Bonchev–Trinajstić information content (AvgIpc) is 2.89. The Morgan fingerprint density at radius 1 is 0.889 bits per heavy atom. The lowest BCUT2D eigenvalue weighted by Crippen LogP contribution is -2.09. The van der Waals surface area contributed by atoms with E-state index >= 15 is 0 Å². The van der Waals surface area contributed by atoms with Gasteiger partial charge < -0.3 is 19.0 Å². The molecule has 0 aliphatic rings. The van der Waals surface area contributed by atoms with Crippen LogP contribution in [0.5, 0.6) is 11.5 Å². The molecule has 0 radical (unpaired) electrons. The molecule has 7 heteroatoms. The van der Waals surface area contributed by atoms with Gasteiger partial charge in [0.1, 0.15) is 12.0 Å². The van der Waals surface area contributed by atoms with E-state index in [0.29, 0.717) is 37.2 Å². The van der Waals surface area contributed by atoms with E-state index in [4.69, 9.17) is 14.2 Å². The fourth-order valence-corrected chi connectivity index (χ4v) is 3.59. The molecule has 0 saturated heterocycles. The van der Waals surface area contributed by atoms with E-state index in [-0.39, 0.29) is 5.75 Å². The minimum absolute atomic E-state index is 0.156. The Morgan fingerprint density at radius 3 is 2.39 bits per heavy atom. The summed E-state index contributed by atoms with van der Waals surface area (Å²) in [5.41, 5.74) is 0.967. The second-order valence-corrected chi connectivity index (χ2v) is 8.22. The van der Waals surface area contributed by atoms with Crippen LogP contribution < -0.4 is 9.47 Å². The lowest BCUT2D eigenvalue weighted by Gasteiger charge is -2.09. The first-order valence-corrected chi connectivity index (χ1v) is 11.9. The van der Waals surface area contributed by atoms with Crippen molar-refractivity contribution < 1.29 is 33.0 Å². The molecule has 0 heterocycles. The van der Waals surface area contributed by atoms with E-state index < -0.39 is 17.8 Å². The number of hydrogen-bond donors (Lipinski definition) is 0. The lowest BCUT2D eigenvalue weighted by atomic mass is 10.1. The third kappa shape index (κ3) is 8.05. The van der Waals surface area contributed by atoms with Crippen molar-refractivity contribution in [1.82, 2.24) is 0 Å². The van der Waals surface area contributed by atoms with Crippen LogP contribution >= 0.6 is 0 Å². The van der Waals surface area contributed by atoms with Gasteiger partial charge in [-0.3, -0.25) is 0 Å². The molecule has 3 aromatic carbocycles. The van der Waals surface area contributed by atoms with Gasteiger partial charge in [0.15, 0.2) is 11.6 Å². The Balaban J connectivity index is 1.49. The molecule has 0 bridgehead atoms. The Labute approximate surface area is 209 Å². The molecule has 0 aromatic heterocycles. The largest absolute Gasteiger partial charge is 0.494 e. The quantitative estimate of drug-likeness (QED) is 0.0903. The van der Waals surface area contributed by atoms with Crippen molar-refractivity contribution in [2.45, 2.75) is 38.5 Å². The molecular weight excluding hydrogens is 463 g/mol. The molecule has 36 heavy (non-hydrogen) atoms. The summed E-state index contributed by atoms with van der Waals surface area (Å²) in [5.74, 6) is -1.13. The van der Waals surface area contributed by atoms with Crippen LogP contribution in [0.2, 0.25) is 0 Å². The number of benzene rings is 3. The van der Waals surface area contributed by atoms with E-state index in [9.17, 15) is 18.8 Å². The van der Waals surface area contributed by atoms with Gasteiger partial charge >= 0.3 is 11.9 Å². The molecule has 0 fully saturated rings. The van der Waals surface area contributed by atoms with Crippen molar-refractivity contribution in [1.29, 1.82) is 0 Å². The molecule has 188 valence electrons. The highest BCUT2D eigenvalue weighted by Gasteiger charge is 2.13. The SMILES string of the molecule is C=CC(=O)OCCCCCCOc1ccc2cc(C(=O)Oc3ccc(CCC=O)cc3F)ccc2c1. The highest BCUT2D eigenvalue weighted by Crippen LogP contribution is 2.24. The maximum Gasteiger partial charge on any atom is 0.343 e. The third-order valence-corrected chi connectivity index (χ3v) is 5.52. The van der Waals surface area contributed by atoms with Crippen molar-refractivity contribution >= 4 is 29.0 Å². The normalized spacial score (nSPS) is 10.6. The summed E-state index contributed by atoms with van der Waals surface area (Å²) in [5, 5.41) is 1.73. The smallest absolute Gasteiger partial charge is 0.343 e. The van der Waals surface area contributed by atoms with E-state index in [1.54, 1.807) is 24.3 Å². The van der Waals surface area contributed by atoms with Crippen molar-refractivity contribution in [3.05, 3.63) is 84.2 Å². The van der Waals surface area contributed by atoms with Gasteiger partial charge in [0, 0.05) is 12.5 Å². The van der Waals surface area contributed by atoms with Crippen LogP contribution in [-0.4, -0.2) is 31.4 Å². The van der Waals surface area contributed by atoms with E-state index in [1.807, 2.05) is 18.2 Å². The van der Waals surface area contributed by atoms with Crippen molar-refractivity contribution in [3.8, 4) is 11.5 Å². The summed E-state index contributed by atoms with van der Waals surface area (Å²) >= 11 is 0. The topological polar surface area (TPSA) is 78.9 Å². The zero-order chi connectivity index (χ0) is 25.8. The van der Waals surface area contributed by atoms with Gasteiger partial charge in [-0.15, -0.1) is 0 Å². The van der Waals surface area contributed by atoms with Gasteiger partial charge in [-0.05, 0) is 84.8 Å². The molecule has 0 atom stereocenters. The minimum Gasteiger partial charge on any atom is -0.494 e. The van der Waals surface area contributed by atoms with Crippen LogP contribution in [0.4, 0.5) is 4.39 Å². The molecule has 6 nitrogen and oxygen atoms in total. The third-order valence-electron chi connectivity index (χ3n) is 5.52. The molecule has 0 saturated carbocycles. The molecule has 0 aliphatic carbocycles. The summed E-state index contributed by atoms with van der Waals surface area (Å²) in [6.07, 6.45) is 6.26. The molecule has 0 spiro atoms. The fraction of sp³-hybridized carbons (Fsp3) is 0.276. The van der Waals surface area contributed by atoms with Gasteiger partial charge in [0.25, 0.3) is 0 Å². The Hall–Kier alpha value is -4.00. The first-order chi connectivity index (χ1) is 17.5. The van der Waals surface area contributed by atoms with Crippen LogP contribution in [0.1, 0.15) is 48.0 Å². The van der Waals surface area contributed by atoms with Crippen molar-refractivity contribution in [2.75, 3.05) is 13.2 Å². The number of aldehydes is 1.